The summed E-state index contributed by atoms with van der Waals surface area (Å²) in [5.41, 5.74) is 5.77. The van der Waals surface area contributed by atoms with Crippen LogP contribution in [0.1, 0.15) is 25.0 Å². The number of primary amides is 1. The fourth-order valence-corrected chi connectivity index (χ4v) is 1.84. The first-order chi connectivity index (χ1) is 9.52. The van der Waals surface area contributed by atoms with Crippen molar-refractivity contribution < 1.29 is 23.4 Å². The van der Waals surface area contributed by atoms with E-state index in [1.165, 1.54) is 12.1 Å². The lowest BCUT2D eigenvalue weighted by Crippen LogP contribution is -2.20. The maximum atomic E-state index is 12.9. The summed E-state index contributed by atoms with van der Waals surface area (Å²) in [7, 11) is 1.54. The van der Waals surface area contributed by atoms with Crippen molar-refractivity contribution in [3.63, 3.8) is 0 Å². The van der Waals surface area contributed by atoms with E-state index < -0.39 is 12.2 Å². The fourth-order valence-electron chi connectivity index (χ4n) is 1.84. The number of hydrogen-bond acceptors (Lipinski definition) is 4. The van der Waals surface area contributed by atoms with Gasteiger partial charge in [0, 0.05) is 7.11 Å². The van der Waals surface area contributed by atoms with Crippen molar-refractivity contribution in [2.75, 3.05) is 20.5 Å². The third-order valence-corrected chi connectivity index (χ3v) is 2.72. The van der Waals surface area contributed by atoms with Crippen LogP contribution in [0, 0.1) is 11.7 Å². The fraction of sp³-hybridized carbons (Fsp3) is 0.500. The van der Waals surface area contributed by atoms with Gasteiger partial charge in [-0.2, -0.15) is 0 Å². The van der Waals surface area contributed by atoms with Crippen molar-refractivity contribution >= 4 is 6.09 Å². The molecule has 0 radical (unpaired) electrons. The molecule has 1 amide bonds. The Balaban J connectivity index is 2.64. The summed E-state index contributed by atoms with van der Waals surface area (Å²) >= 11 is 0. The number of carbonyl (C=O) groups is 1. The number of methoxy groups -OCH3 is 1. The number of nitrogens with two attached hydrogens (primary N) is 1. The zero-order valence-corrected chi connectivity index (χ0v) is 11.7. The van der Waals surface area contributed by atoms with Crippen molar-refractivity contribution in [1.29, 1.82) is 0 Å². The summed E-state index contributed by atoms with van der Waals surface area (Å²) in [6.45, 7) is 2.63. The quantitative estimate of drug-likeness (QED) is 0.588. The van der Waals surface area contributed by atoms with Gasteiger partial charge in [-0.3, -0.25) is 0 Å². The molecule has 1 aromatic carbocycles. The molecule has 1 rings (SSSR count). The van der Waals surface area contributed by atoms with Crippen LogP contribution >= 0.6 is 0 Å². The van der Waals surface area contributed by atoms with E-state index in [0.29, 0.717) is 18.6 Å². The summed E-state index contributed by atoms with van der Waals surface area (Å²) in [6, 6.07) is 5.79. The number of carbonyl (C=O) groups excluding carboxylic acids is 1. The Hall–Kier alpha value is -1.66. The summed E-state index contributed by atoms with van der Waals surface area (Å²) in [6.07, 6.45) is -0.850. The first-order valence-corrected chi connectivity index (χ1v) is 6.31. The molecule has 0 saturated carbocycles. The van der Waals surface area contributed by atoms with Gasteiger partial charge in [0.05, 0.1) is 6.61 Å². The summed E-state index contributed by atoms with van der Waals surface area (Å²) in [5, 5.41) is 0. The van der Waals surface area contributed by atoms with Crippen LogP contribution in [-0.4, -0.2) is 26.6 Å². The van der Waals surface area contributed by atoms with E-state index >= 15 is 0 Å². The Labute approximate surface area is 117 Å². The van der Waals surface area contributed by atoms with Gasteiger partial charge in [-0.25, -0.2) is 9.18 Å². The molecule has 6 heteroatoms. The largest absolute Gasteiger partial charge is 0.442 e. The van der Waals surface area contributed by atoms with Gasteiger partial charge >= 0.3 is 6.09 Å². The topological polar surface area (TPSA) is 70.8 Å². The molecule has 1 aromatic rings. The molecule has 0 saturated heterocycles. The monoisotopic (exact) mass is 285 g/mol. The molecule has 0 unspecified atom stereocenters. The molecule has 0 aliphatic rings. The van der Waals surface area contributed by atoms with Crippen LogP contribution in [-0.2, 0) is 14.2 Å². The molecule has 2 N–H and O–H groups in total. The minimum absolute atomic E-state index is 0.125. The standard InChI is InChI=1S/C14H20FNO4/c1-10(8-19-9-18-2)7-13(20-14(16)17)11-3-5-12(15)6-4-11/h3-6,10,13H,7-9H2,1-2H3,(H2,16,17)/t10-,13-/m1/s1. The van der Waals surface area contributed by atoms with Crippen molar-refractivity contribution in [2.45, 2.75) is 19.4 Å². The summed E-state index contributed by atoms with van der Waals surface area (Å²) < 4.78 is 28.0. The van der Waals surface area contributed by atoms with Crippen LogP contribution in [0.4, 0.5) is 9.18 Å². The first-order valence-electron chi connectivity index (χ1n) is 6.31. The molecule has 0 aromatic heterocycles. The number of benzene rings is 1. The predicted molar refractivity (Wildman–Crippen MR) is 71.4 cm³/mol. The van der Waals surface area contributed by atoms with Crippen molar-refractivity contribution in [3.8, 4) is 0 Å². The molecule has 0 aliphatic carbocycles. The van der Waals surface area contributed by atoms with E-state index in [1.54, 1.807) is 19.2 Å². The van der Waals surface area contributed by atoms with Crippen molar-refractivity contribution in [1.82, 2.24) is 0 Å². The number of rotatable bonds is 8. The lowest BCUT2D eigenvalue weighted by Gasteiger charge is -2.21. The van der Waals surface area contributed by atoms with Crippen molar-refractivity contribution in [3.05, 3.63) is 35.6 Å². The predicted octanol–water partition coefficient (Wildman–Crippen LogP) is 2.61. The Kier molecular flexibility index (Phi) is 6.97. The second kappa shape index (κ2) is 8.50. The third kappa shape index (κ3) is 5.99. The first kappa shape index (κ1) is 16.4. The zero-order valence-electron chi connectivity index (χ0n) is 11.7. The average molecular weight is 285 g/mol. The van der Waals surface area contributed by atoms with Gasteiger partial charge in [-0.15, -0.1) is 0 Å². The highest BCUT2D eigenvalue weighted by atomic mass is 19.1. The Bertz CT molecular complexity index is 410. The number of amides is 1. The van der Waals surface area contributed by atoms with Crippen LogP contribution in [0.3, 0.4) is 0 Å². The van der Waals surface area contributed by atoms with Crippen LogP contribution in [0.15, 0.2) is 24.3 Å². The molecule has 20 heavy (non-hydrogen) atoms. The van der Waals surface area contributed by atoms with Crippen LogP contribution in [0.2, 0.25) is 0 Å². The summed E-state index contributed by atoms with van der Waals surface area (Å²) in [4.78, 5) is 11.0. The molecular formula is C14H20FNO4. The minimum atomic E-state index is -0.857. The summed E-state index contributed by atoms with van der Waals surface area (Å²) in [5.74, 6) is -0.220. The molecule has 0 aliphatic heterocycles. The minimum Gasteiger partial charge on any atom is -0.442 e. The van der Waals surface area contributed by atoms with Gasteiger partial charge < -0.3 is 19.9 Å². The second-order valence-electron chi connectivity index (χ2n) is 4.60. The van der Waals surface area contributed by atoms with Gasteiger partial charge in [0.1, 0.15) is 18.7 Å². The maximum absolute atomic E-state index is 12.9. The van der Waals surface area contributed by atoms with E-state index in [2.05, 4.69) is 0 Å². The van der Waals surface area contributed by atoms with E-state index in [0.717, 1.165) is 0 Å². The Morgan fingerprint density at radius 3 is 2.55 bits per heavy atom. The van der Waals surface area contributed by atoms with E-state index in [-0.39, 0.29) is 18.5 Å². The van der Waals surface area contributed by atoms with Gasteiger partial charge in [0.15, 0.2) is 0 Å². The maximum Gasteiger partial charge on any atom is 0.405 e. The Morgan fingerprint density at radius 1 is 1.35 bits per heavy atom. The van der Waals surface area contributed by atoms with Crippen LogP contribution < -0.4 is 5.73 Å². The van der Waals surface area contributed by atoms with Crippen LogP contribution in [0.25, 0.3) is 0 Å². The smallest absolute Gasteiger partial charge is 0.405 e. The number of halogens is 1. The number of ether oxygens (including phenoxy) is 3. The highest BCUT2D eigenvalue weighted by Crippen LogP contribution is 2.25. The van der Waals surface area contributed by atoms with E-state index in [9.17, 15) is 9.18 Å². The number of hydrogen-bond donors (Lipinski definition) is 1. The zero-order chi connectivity index (χ0) is 15.0. The van der Waals surface area contributed by atoms with Gasteiger partial charge in [0.25, 0.3) is 0 Å². The van der Waals surface area contributed by atoms with E-state index in [4.69, 9.17) is 19.9 Å². The molecule has 0 spiro atoms. The lowest BCUT2D eigenvalue weighted by atomic mass is 9.98. The van der Waals surface area contributed by atoms with Crippen molar-refractivity contribution in [2.24, 2.45) is 11.7 Å². The average Bonchev–Trinajstić information content (AvgIpc) is 2.38. The van der Waals surface area contributed by atoms with Crippen LogP contribution in [0.5, 0.6) is 0 Å². The third-order valence-electron chi connectivity index (χ3n) is 2.72. The van der Waals surface area contributed by atoms with Gasteiger partial charge in [0.2, 0.25) is 0 Å². The molecule has 112 valence electrons. The highest BCUT2D eigenvalue weighted by molar-refractivity contribution is 5.65. The Morgan fingerprint density at radius 2 is 2.00 bits per heavy atom. The van der Waals surface area contributed by atoms with E-state index in [1.807, 2.05) is 6.92 Å². The molecule has 0 heterocycles. The molecule has 2 atom stereocenters. The van der Waals surface area contributed by atoms with Gasteiger partial charge in [-0.1, -0.05) is 19.1 Å². The highest BCUT2D eigenvalue weighted by Gasteiger charge is 2.19. The molecule has 0 fully saturated rings. The normalized spacial score (nSPS) is 13.8. The van der Waals surface area contributed by atoms with Gasteiger partial charge in [-0.05, 0) is 30.0 Å². The SMILES string of the molecule is COCOC[C@H](C)C[C@@H](OC(N)=O)c1ccc(F)cc1. The lowest BCUT2D eigenvalue weighted by molar-refractivity contribution is -0.0465. The molecule has 5 nitrogen and oxygen atoms in total. The molecular weight excluding hydrogens is 265 g/mol. The molecule has 0 bridgehead atoms. The second-order valence-corrected chi connectivity index (χ2v) is 4.60.